The highest BCUT2D eigenvalue weighted by molar-refractivity contribution is 5.82. The maximum atomic E-state index is 4.28. The Morgan fingerprint density at radius 3 is 2.00 bits per heavy atom. The first-order valence-electron chi connectivity index (χ1n) is 8.36. The van der Waals surface area contributed by atoms with Crippen LogP contribution in [-0.4, -0.2) is 9.97 Å². The number of aromatic nitrogens is 2. The summed E-state index contributed by atoms with van der Waals surface area (Å²) in [6.45, 7) is 8.18. The molecule has 2 heteroatoms. The highest BCUT2D eigenvalue weighted by Crippen LogP contribution is 2.14. The second-order valence-corrected chi connectivity index (χ2v) is 5.30. The van der Waals surface area contributed by atoms with Gasteiger partial charge >= 0.3 is 0 Å². The summed E-state index contributed by atoms with van der Waals surface area (Å²) >= 11 is 0. The molecular weight excluding hydrogens is 292 g/mol. The fourth-order valence-electron chi connectivity index (χ4n) is 2.51. The largest absolute Gasteiger partial charge is 0.256 e. The third kappa shape index (κ3) is 4.17. The molecule has 0 aliphatic rings. The van der Waals surface area contributed by atoms with E-state index in [0.717, 1.165) is 11.0 Å². The molecule has 0 radical (unpaired) electrons. The SMILES string of the molecule is CC.Cc1cccc2cccnc12.Cc1cccc2ncccc12. The minimum atomic E-state index is 1.08. The molecule has 0 atom stereocenters. The van der Waals surface area contributed by atoms with Crippen molar-refractivity contribution in [3.8, 4) is 0 Å². The Morgan fingerprint density at radius 2 is 1.25 bits per heavy atom. The van der Waals surface area contributed by atoms with Crippen molar-refractivity contribution < 1.29 is 0 Å². The highest BCUT2D eigenvalue weighted by Gasteiger charge is 1.94. The molecule has 0 amide bonds. The summed E-state index contributed by atoms with van der Waals surface area (Å²) in [6.07, 6.45) is 3.65. The molecule has 0 fully saturated rings. The first-order chi connectivity index (χ1) is 11.8. The molecule has 2 heterocycles. The average Bonchev–Trinajstić information content (AvgIpc) is 2.65. The number of hydrogen-bond donors (Lipinski definition) is 0. The summed E-state index contributed by atoms with van der Waals surface area (Å²) in [5.74, 6) is 0. The lowest BCUT2D eigenvalue weighted by molar-refractivity contribution is 1.37. The van der Waals surface area contributed by atoms with Crippen LogP contribution in [0.4, 0.5) is 0 Å². The van der Waals surface area contributed by atoms with Crippen LogP contribution in [0.25, 0.3) is 21.8 Å². The van der Waals surface area contributed by atoms with Gasteiger partial charge in [0, 0.05) is 23.2 Å². The van der Waals surface area contributed by atoms with Crippen LogP contribution in [0.2, 0.25) is 0 Å². The molecule has 0 bridgehead atoms. The van der Waals surface area contributed by atoms with Crippen molar-refractivity contribution in [3.05, 3.63) is 84.2 Å². The molecule has 2 aromatic carbocycles. The Morgan fingerprint density at radius 1 is 0.625 bits per heavy atom. The fourth-order valence-corrected chi connectivity index (χ4v) is 2.51. The van der Waals surface area contributed by atoms with E-state index in [2.05, 4.69) is 60.2 Å². The topological polar surface area (TPSA) is 25.8 Å². The van der Waals surface area contributed by atoms with Crippen LogP contribution >= 0.6 is 0 Å². The van der Waals surface area contributed by atoms with Crippen LogP contribution < -0.4 is 0 Å². The van der Waals surface area contributed by atoms with E-state index in [1.54, 1.807) is 0 Å². The van der Waals surface area contributed by atoms with Crippen molar-refractivity contribution in [2.45, 2.75) is 27.7 Å². The molecule has 4 rings (SSSR count). The Bertz CT molecular complexity index is 826. The van der Waals surface area contributed by atoms with Gasteiger partial charge in [0.1, 0.15) is 0 Å². The summed E-state index contributed by atoms with van der Waals surface area (Å²) in [6, 6.07) is 20.5. The Labute approximate surface area is 144 Å². The second kappa shape index (κ2) is 8.78. The van der Waals surface area contributed by atoms with Gasteiger partial charge in [-0.1, -0.05) is 56.3 Å². The lowest BCUT2D eigenvalue weighted by atomic mass is 10.1. The Balaban J connectivity index is 0.000000158. The number of aryl methyl sites for hydroxylation is 2. The zero-order valence-electron chi connectivity index (χ0n) is 14.8. The van der Waals surface area contributed by atoms with Crippen molar-refractivity contribution in [1.29, 1.82) is 0 Å². The first kappa shape index (κ1) is 17.6. The molecule has 4 aromatic rings. The third-order valence-electron chi connectivity index (χ3n) is 3.70. The molecule has 122 valence electrons. The van der Waals surface area contributed by atoms with Crippen molar-refractivity contribution >= 4 is 21.8 Å². The zero-order chi connectivity index (χ0) is 17.4. The number of rotatable bonds is 0. The lowest BCUT2D eigenvalue weighted by Crippen LogP contribution is -1.80. The smallest absolute Gasteiger partial charge is 0.0731 e. The van der Waals surface area contributed by atoms with Gasteiger partial charge in [0.2, 0.25) is 0 Å². The van der Waals surface area contributed by atoms with E-state index < -0.39 is 0 Å². The number of pyridine rings is 2. The molecule has 0 aliphatic carbocycles. The van der Waals surface area contributed by atoms with Gasteiger partial charge in [-0.15, -0.1) is 0 Å². The van der Waals surface area contributed by atoms with Crippen LogP contribution in [0.15, 0.2) is 73.1 Å². The van der Waals surface area contributed by atoms with Crippen LogP contribution in [0.1, 0.15) is 25.0 Å². The van der Waals surface area contributed by atoms with E-state index in [4.69, 9.17) is 0 Å². The minimum absolute atomic E-state index is 1.08. The van der Waals surface area contributed by atoms with E-state index in [-0.39, 0.29) is 0 Å². The molecule has 0 saturated heterocycles. The van der Waals surface area contributed by atoms with Crippen molar-refractivity contribution in [2.75, 3.05) is 0 Å². The number of fused-ring (bicyclic) bond motifs is 2. The fraction of sp³-hybridized carbons (Fsp3) is 0.182. The third-order valence-corrected chi connectivity index (χ3v) is 3.70. The summed E-state index contributed by atoms with van der Waals surface area (Å²) in [5.41, 5.74) is 4.71. The van der Waals surface area contributed by atoms with Gasteiger partial charge in [-0.3, -0.25) is 9.97 Å². The number of nitrogens with zero attached hydrogens (tertiary/aromatic N) is 2. The van der Waals surface area contributed by atoms with Crippen molar-refractivity contribution in [1.82, 2.24) is 9.97 Å². The van der Waals surface area contributed by atoms with Gasteiger partial charge in [0.15, 0.2) is 0 Å². The summed E-state index contributed by atoms with van der Waals surface area (Å²) < 4.78 is 0. The molecule has 2 nitrogen and oxygen atoms in total. The molecule has 0 N–H and O–H groups in total. The van der Waals surface area contributed by atoms with E-state index in [1.165, 1.54) is 21.9 Å². The van der Waals surface area contributed by atoms with Gasteiger partial charge in [-0.2, -0.15) is 0 Å². The molecule has 0 unspecified atom stereocenters. The lowest BCUT2D eigenvalue weighted by Gasteiger charge is -1.97. The molecule has 0 spiro atoms. The molecular formula is C22H24N2. The summed E-state index contributed by atoms with van der Waals surface area (Å²) in [4.78, 5) is 8.52. The zero-order valence-corrected chi connectivity index (χ0v) is 14.8. The van der Waals surface area contributed by atoms with Gasteiger partial charge in [0.25, 0.3) is 0 Å². The quantitative estimate of drug-likeness (QED) is 0.391. The Hall–Kier alpha value is -2.74. The monoisotopic (exact) mass is 316 g/mol. The van der Waals surface area contributed by atoms with Gasteiger partial charge in [-0.05, 0) is 43.2 Å². The number of para-hydroxylation sites is 1. The van der Waals surface area contributed by atoms with Gasteiger partial charge < -0.3 is 0 Å². The van der Waals surface area contributed by atoms with E-state index in [9.17, 15) is 0 Å². The summed E-state index contributed by atoms with van der Waals surface area (Å²) in [5, 5.41) is 2.46. The number of benzene rings is 2. The predicted octanol–water partition coefficient (Wildman–Crippen LogP) is 6.11. The molecule has 0 aliphatic heterocycles. The van der Waals surface area contributed by atoms with Crippen molar-refractivity contribution in [3.63, 3.8) is 0 Å². The van der Waals surface area contributed by atoms with Crippen LogP contribution in [0.5, 0.6) is 0 Å². The van der Waals surface area contributed by atoms with Gasteiger partial charge in [-0.25, -0.2) is 0 Å². The molecule has 0 saturated carbocycles. The van der Waals surface area contributed by atoms with E-state index in [1.807, 2.05) is 50.5 Å². The van der Waals surface area contributed by atoms with Crippen molar-refractivity contribution in [2.24, 2.45) is 0 Å². The maximum Gasteiger partial charge on any atom is 0.0731 e. The number of hydrogen-bond acceptors (Lipinski definition) is 2. The predicted molar refractivity (Wildman–Crippen MR) is 104 cm³/mol. The van der Waals surface area contributed by atoms with Crippen LogP contribution in [0, 0.1) is 13.8 Å². The van der Waals surface area contributed by atoms with Crippen LogP contribution in [0.3, 0.4) is 0 Å². The normalized spacial score (nSPS) is 9.67. The first-order valence-corrected chi connectivity index (χ1v) is 8.36. The average molecular weight is 316 g/mol. The van der Waals surface area contributed by atoms with Gasteiger partial charge in [0.05, 0.1) is 11.0 Å². The minimum Gasteiger partial charge on any atom is -0.256 e. The summed E-state index contributed by atoms with van der Waals surface area (Å²) in [7, 11) is 0. The molecule has 24 heavy (non-hydrogen) atoms. The maximum absolute atomic E-state index is 4.28. The standard InChI is InChI=1S/2C10H9N.C2H6/c1-8-4-2-6-10-9(8)5-3-7-11-10;1-8-4-2-5-9-6-3-7-11-10(8)9;1-2/h2*2-7H,1H3;1-2H3. The Kier molecular flexibility index (Phi) is 6.44. The highest BCUT2D eigenvalue weighted by atomic mass is 14.6. The second-order valence-electron chi connectivity index (χ2n) is 5.30. The van der Waals surface area contributed by atoms with Crippen LogP contribution in [-0.2, 0) is 0 Å². The molecule has 2 aromatic heterocycles. The van der Waals surface area contributed by atoms with E-state index in [0.29, 0.717) is 0 Å². The van der Waals surface area contributed by atoms with E-state index >= 15 is 0 Å².